The van der Waals surface area contributed by atoms with Crippen molar-refractivity contribution in [3.63, 3.8) is 0 Å². The SMILES string of the molecule is CCO[C@H](C)c1noc(CSc2nc3cc(Cl)ccc3o2)n1. The van der Waals surface area contributed by atoms with Crippen LogP contribution in [0.5, 0.6) is 0 Å². The maximum absolute atomic E-state index is 5.93. The molecule has 0 spiro atoms. The van der Waals surface area contributed by atoms with E-state index in [1.165, 1.54) is 11.8 Å². The van der Waals surface area contributed by atoms with Gasteiger partial charge in [0.05, 0.1) is 5.75 Å². The molecule has 3 rings (SSSR count). The number of ether oxygens (including phenoxy) is 1. The molecule has 1 aromatic carbocycles. The lowest BCUT2D eigenvalue weighted by atomic mass is 10.3. The minimum Gasteiger partial charge on any atom is -0.431 e. The van der Waals surface area contributed by atoms with Crippen molar-refractivity contribution < 1.29 is 13.7 Å². The molecule has 0 saturated heterocycles. The second kappa shape index (κ2) is 6.68. The molecule has 0 radical (unpaired) electrons. The number of aromatic nitrogens is 3. The first-order chi connectivity index (χ1) is 10.7. The van der Waals surface area contributed by atoms with Crippen molar-refractivity contribution in [3.05, 3.63) is 34.9 Å². The molecule has 1 atom stereocenters. The Morgan fingerprint density at radius 1 is 1.36 bits per heavy atom. The van der Waals surface area contributed by atoms with Crippen molar-refractivity contribution in [2.75, 3.05) is 6.61 Å². The van der Waals surface area contributed by atoms with Crippen molar-refractivity contribution in [3.8, 4) is 0 Å². The van der Waals surface area contributed by atoms with Gasteiger partial charge >= 0.3 is 0 Å². The second-order valence-corrected chi connectivity index (χ2v) is 5.89. The Hall–Kier alpha value is -1.57. The second-order valence-electron chi connectivity index (χ2n) is 4.52. The van der Waals surface area contributed by atoms with Gasteiger partial charge in [-0.2, -0.15) is 4.98 Å². The monoisotopic (exact) mass is 339 g/mol. The van der Waals surface area contributed by atoms with E-state index >= 15 is 0 Å². The van der Waals surface area contributed by atoms with Crippen LogP contribution in [0.3, 0.4) is 0 Å². The van der Waals surface area contributed by atoms with Crippen molar-refractivity contribution >= 4 is 34.5 Å². The average Bonchev–Trinajstić information content (AvgIpc) is 3.11. The smallest absolute Gasteiger partial charge is 0.257 e. The molecular weight excluding hydrogens is 326 g/mol. The number of rotatable bonds is 6. The lowest BCUT2D eigenvalue weighted by Crippen LogP contribution is -2.01. The average molecular weight is 340 g/mol. The first-order valence-corrected chi connectivity index (χ1v) is 8.15. The summed E-state index contributed by atoms with van der Waals surface area (Å²) in [6, 6.07) is 5.32. The van der Waals surface area contributed by atoms with Crippen molar-refractivity contribution in [1.29, 1.82) is 0 Å². The Balaban J connectivity index is 1.66. The topological polar surface area (TPSA) is 74.2 Å². The van der Waals surface area contributed by atoms with E-state index in [0.717, 1.165) is 5.52 Å². The summed E-state index contributed by atoms with van der Waals surface area (Å²) in [5.41, 5.74) is 1.43. The molecule has 3 aromatic rings. The number of oxazole rings is 1. The molecule has 22 heavy (non-hydrogen) atoms. The number of hydrogen-bond acceptors (Lipinski definition) is 7. The lowest BCUT2D eigenvalue weighted by Gasteiger charge is -2.04. The normalized spacial score (nSPS) is 12.9. The quantitative estimate of drug-likeness (QED) is 0.621. The first-order valence-electron chi connectivity index (χ1n) is 6.78. The fourth-order valence-electron chi connectivity index (χ4n) is 1.88. The minimum absolute atomic E-state index is 0.182. The molecule has 8 heteroatoms. The maximum atomic E-state index is 5.93. The molecule has 0 bridgehead atoms. The van der Waals surface area contributed by atoms with Crippen LogP contribution in [0, 0.1) is 0 Å². The van der Waals surface area contributed by atoms with Gasteiger partial charge in [-0.3, -0.25) is 0 Å². The number of nitrogens with zero attached hydrogens (tertiary/aromatic N) is 3. The van der Waals surface area contributed by atoms with Crippen molar-refractivity contribution in [1.82, 2.24) is 15.1 Å². The third-order valence-corrected chi connectivity index (χ3v) is 3.96. The summed E-state index contributed by atoms with van der Waals surface area (Å²) in [4.78, 5) is 8.65. The van der Waals surface area contributed by atoms with E-state index in [4.69, 9.17) is 25.3 Å². The zero-order valence-electron chi connectivity index (χ0n) is 12.1. The molecular formula is C14H14ClN3O3S. The number of halogens is 1. The van der Waals surface area contributed by atoms with E-state index < -0.39 is 0 Å². The van der Waals surface area contributed by atoms with E-state index in [-0.39, 0.29) is 6.10 Å². The largest absolute Gasteiger partial charge is 0.431 e. The third-order valence-electron chi connectivity index (χ3n) is 2.91. The number of hydrogen-bond donors (Lipinski definition) is 0. The van der Waals surface area contributed by atoms with Gasteiger partial charge < -0.3 is 13.7 Å². The van der Waals surface area contributed by atoms with Gasteiger partial charge in [-0.15, -0.1) is 0 Å². The van der Waals surface area contributed by atoms with Crippen LogP contribution in [0.25, 0.3) is 11.1 Å². The Morgan fingerprint density at radius 2 is 2.23 bits per heavy atom. The minimum atomic E-state index is -0.182. The summed E-state index contributed by atoms with van der Waals surface area (Å²) < 4.78 is 16.2. The highest BCUT2D eigenvalue weighted by atomic mass is 35.5. The number of fused-ring (bicyclic) bond motifs is 1. The standard InChI is InChI=1S/C14H14ClN3O3S/c1-3-19-8(2)13-17-12(21-18-13)7-22-14-16-10-6-9(15)4-5-11(10)20-14/h4-6,8H,3,7H2,1-2H3/t8-/m1/s1. The molecule has 0 N–H and O–H groups in total. The lowest BCUT2D eigenvalue weighted by molar-refractivity contribution is 0.0683. The predicted octanol–water partition coefficient (Wildman–Crippen LogP) is 4.25. The summed E-state index contributed by atoms with van der Waals surface area (Å²) >= 11 is 7.31. The molecule has 0 aliphatic carbocycles. The molecule has 2 heterocycles. The van der Waals surface area contributed by atoms with Gasteiger partial charge in [0.15, 0.2) is 11.4 Å². The molecule has 116 valence electrons. The van der Waals surface area contributed by atoms with Gasteiger partial charge in [0.25, 0.3) is 5.22 Å². The van der Waals surface area contributed by atoms with Crippen LogP contribution in [-0.4, -0.2) is 21.7 Å². The van der Waals surface area contributed by atoms with Gasteiger partial charge in [-0.25, -0.2) is 4.98 Å². The van der Waals surface area contributed by atoms with E-state index in [1.807, 2.05) is 13.8 Å². The van der Waals surface area contributed by atoms with Crippen molar-refractivity contribution in [2.24, 2.45) is 0 Å². The highest BCUT2D eigenvalue weighted by molar-refractivity contribution is 7.98. The summed E-state index contributed by atoms with van der Waals surface area (Å²) in [6.07, 6.45) is -0.182. The molecule has 0 fully saturated rings. The van der Waals surface area contributed by atoms with Crippen LogP contribution < -0.4 is 0 Å². The van der Waals surface area contributed by atoms with Crippen LogP contribution in [-0.2, 0) is 10.5 Å². The fourth-order valence-corrected chi connectivity index (χ4v) is 2.72. The van der Waals surface area contributed by atoms with Crippen LogP contribution in [0.2, 0.25) is 5.02 Å². The molecule has 6 nitrogen and oxygen atoms in total. The summed E-state index contributed by atoms with van der Waals surface area (Å²) in [5.74, 6) is 1.53. The van der Waals surface area contributed by atoms with Gasteiger partial charge in [0.1, 0.15) is 11.6 Å². The number of benzene rings is 1. The molecule has 0 aliphatic heterocycles. The molecule has 0 unspecified atom stereocenters. The summed E-state index contributed by atoms with van der Waals surface area (Å²) in [5, 5.41) is 5.07. The Kier molecular flexibility index (Phi) is 4.66. The van der Waals surface area contributed by atoms with E-state index in [1.54, 1.807) is 18.2 Å². The molecule has 0 amide bonds. The van der Waals surface area contributed by atoms with Crippen molar-refractivity contribution in [2.45, 2.75) is 30.9 Å². The highest BCUT2D eigenvalue weighted by Crippen LogP contribution is 2.27. The van der Waals surface area contributed by atoms with E-state index in [9.17, 15) is 0 Å². The fraction of sp³-hybridized carbons (Fsp3) is 0.357. The van der Waals surface area contributed by atoms with Gasteiger partial charge in [-0.1, -0.05) is 28.5 Å². The Bertz CT molecular complexity index is 774. The molecule has 2 aromatic heterocycles. The Labute approximate surface area is 136 Å². The highest BCUT2D eigenvalue weighted by Gasteiger charge is 2.15. The Morgan fingerprint density at radius 3 is 3.05 bits per heavy atom. The zero-order valence-corrected chi connectivity index (χ0v) is 13.6. The predicted molar refractivity (Wildman–Crippen MR) is 82.9 cm³/mol. The molecule has 0 saturated carbocycles. The third kappa shape index (κ3) is 3.43. The summed E-state index contributed by atoms with van der Waals surface area (Å²) in [7, 11) is 0. The van der Waals surface area contributed by atoms with Gasteiger partial charge in [0, 0.05) is 11.6 Å². The van der Waals surface area contributed by atoms with E-state index in [2.05, 4.69) is 15.1 Å². The summed E-state index contributed by atoms with van der Waals surface area (Å²) in [6.45, 7) is 4.41. The zero-order chi connectivity index (χ0) is 15.5. The van der Waals surface area contributed by atoms with E-state index in [0.29, 0.717) is 39.9 Å². The number of thioether (sulfide) groups is 1. The van der Waals surface area contributed by atoms with Gasteiger partial charge in [-0.05, 0) is 32.0 Å². The van der Waals surface area contributed by atoms with Crippen LogP contribution in [0.4, 0.5) is 0 Å². The van der Waals surface area contributed by atoms with Gasteiger partial charge in [0.2, 0.25) is 5.89 Å². The van der Waals surface area contributed by atoms with Crippen LogP contribution in [0.1, 0.15) is 31.7 Å². The maximum Gasteiger partial charge on any atom is 0.257 e. The first kappa shape index (κ1) is 15.3. The van der Waals surface area contributed by atoms with Crippen LogP contribution in [0.15, 0.2) is 32.4 Å². The molecule has 0 aliphatic rings. The van der Waals surface area contributed by atoms with Crippen LogP contribution >= 0.6 is 23.4 Å².